The predicted octanol–water partition coefficient (Wildman–Crippen LogP) is 2.98. The summed E-state index contributed by atoms with van der Waals surface area (Å²) in [4.78, 5) is 36.8. The van der Waals surface area contributed by atoms with Gasteiger partial charge in [0.25, 0.3) is 11.1 Å². The van der Waals surface area contributed by atoms with E-state index < -0.39 is 23.7 Å². The lowest BCUT2D eigenvalue weighted by molar-refractivity contribution is -0.149. The molecular weight excluding hydrogens is 433 g/mol. The molecule has 0 atom stereocenters. The van der Waals surface area contributed by atoms with Crippen molar-refractivity contribution in [2.24, 2.45) is 0 Å². The van der Waals surface area contributed by atoms with Crippen LogP contribution < -0.4 is 0 Å². The van der Waals surface area contributed by atoms with E-state index in [9.17, 15) is 19.5 Å². The molecule has 0 unspecified atom stereocenters. The number of amides is 2. The van der Waals surface area contributed by atoms with E-state index in [0.717, 1.165) is 20.2 Å². The molecule has 0 radical (unpaired) electrons. The highest BCUT2D eigenvalue weighted by Crippen LogP contribution is 2.34. The number of phenols is 1. The number of carbonyl (C=O) groups excluding carboxylic acids is 3. The van der Waals surface area contributed by atoms with Crippen LogP contribution in [-0.4, -0.2) is 39.8 Å². The molecule has 1 aliphatic heterocycles. The molecular formula is C15H14INO5S. The number of benzene rings is 1. The molecule has 0 aliphatic carbocycles. The van der Waals surface area contributed by atoms with Crippen LogP contribution in [0, 0.1) is 3.57 Å². The number of esters is 1. The van der Waals surface area contributed by atoms with Crippen LogP contribution in [0.2, 0.25) is 0 Å². The summed E-state index contributed by atoms with van der Waals surface area (Å²) in [6, 6.07) is 4.93. The summed E-state index contributed by atoms with van der Waals surface area (Å²) in [5.41, 5.74) is 0.437. The summed E-state index contributed by atoms with van der Waals surface area (Å²) in [6.45, 7) is 2.95. The SMILES string of the molecule is CC(C)OC(=O)CN1C(=O)S/C(=C\c2cc(I)ccc2O)C1=O. The number of carbonyl (C=O) groups is 3. The summed E-state index contributed by atoms with van der Waals surface area (Å²) in [6.07, 6.45) is 1.12. The Morgan fingerprint density at radius 2 is 2.13 bits per heavy atom. The van der Waals surface area contributed by atoms with Crippen molar-refractivity contribution in [1.29, 1.82) is 0 Å². The molecule has 2 rings (SSSR count). The normalized spacial score (nSPS) is 16.5. The molecule has 0 spiro atoms. The van der Waals surface area contributed by atoms with Gasteiger partial charge in [-0.2, -0.15) is 0 Å². The van der Waals surface area contributed by atoms with Gasteiger partial charge in [0.15, 0.2) is 0 Å². The molecule has 8 heteroatoms. The maximum Gasteiger partial charge on any atom is 0.326 e. The van der Waals surface area contributed by atoms with Crippen molar-refractivity contribution in [2.75, 3.05) is 6.54 Å². The van der Waals surface area contributed by atoms with E-state index in [1.165, 1.54) is 12.1 Å². The number of rotatable bonds is 4. The first-order valence-corrected chi connectivity index (χ1v) is 8.61. The number of halogens is 1. The molecule has 6 nitrogen and oxygen atoms in total. The number of imide groups is 1. The molecule has 1 N–H and O–H groups in total. The third-order valence-corrected chi connectivity index (χ3v) is 4.38. The van der Waals surface area contributed by atoms with E-state index in [1.54, 1.807) is 26.0 Å². The quantitative estimate of drug-likeness (QED) is 0.434. The lowest BCUT2D eigenvalue weighted by Crippen LogP contribution is -2.35. The van der Waals surface area contributed by atoms with Crippen LogP contribution in [0.4, 0.5) is 4.79 Å². The van der Waals surface area contributed by atoms with Gasteiger partial charge in [-0.3, -0.25) is 19.3 Å². The molecule has 2 amide bonds. The Balaban J connectivity index is 2.19. The summed E-state index contributed by atoms with van der Waals surface area (Å²) < 4.78 is 5.82. The largest absolute Gasteiger partial charge is 0.507 e. The second-order valence-corrected chi connectivity index (χ2v) is 7.25. The predicted molar refractivity (Wildman–Crippen MR) is 94.7 cm³/mol. The molecule has 0 saturated carbocycles. The summed E-state index contributed by atoms with van der Waals surface area (Å²) in [5, 5.41) is 9.28. The van der Waals surface area contributed by atoms with Gasteiger partial charge in [-0.1, -0.05) is 0 Å². The number of aromatic hydroxyl groups is 1. The van der Waals surface area contributed by atoms with Crippen molar-refractivity contribution in [1.82, 2.24) is 4.90 Å². The third-order valence-electron chi connectivity index (χ3n) is 2.80. The van der Waals surface area contributed by atoms with Gasteiger partial charge < -0.3 is 9.84 Å². The fourth-order valence-corrected chi connectivity index (χ4v) is 3.19. The first-order valence-electron chi connectivity index (χ1n) is 6.71. The van der Waals surface area contributed by atoms with Crippen LogP contribution in [0.3, 0.4) is 0 Å². The van der Waals surface area contributed by atoms with E-state index in [-0.39, 0.29) is 16.8 Å². The maximum absolute atomic E-state index is 12.3. The zero-order valence-corrected chi connectivity index (χ0v) is 15.4. The van der Waals surface area contributed by atoms with Gasteiger partial charge in [0.2, 0.25) is 0 Å². The molecule has 0 bridgehead atoms. The number of ether oxygens (including phenoxy) is 1. The standard InChI is InChI=1S/C15H14INO5S/c1-8(2)22-13(19)7-17-14(20)12(23-15(17)21)6-9-5-10(16)3-4-11(9)18/h3-6,8,18H,7H2,1-2H3/b12-6-. The van der Waals surface area contributed by atoms with E-state index in [0.29, 0.717) is 5.56 Å². The minimum Gasteiger partial charge on any atom is -0.507 e. The van der Waals surface area contributed by atoms with Gasteiger partial charge in [-0.15, -0.1) is 0 Å². The van der Waals surface area contributed by atoms with Crippen molar-refractivity contribution >= 4 is 57.5 Å². The van der Waals surface area contributed by atoms with Gasteiger partial charge in [-0.05, 0) is 72.5 Å². The molecule has 1 aliphatic rings. The molecule has 1 aromatic carbocycles. The molecule has 1 saturated heterocycles. The highest BCUT2D eigenvalue weighted by Gasteiger charge is 2.36. The fourth-order valence-electron chi connectivity index (χ4n) is 1.85. The van der Waals surface area contributed by atoms with Crippen LogP contribution in [-0.2, 0) is 14.3 Å². The minimum absolute atomic E-state index is 0.0106. The number of hydrogen-bond donors (Lipinski definition) is 1. The Kier molecular flexibility index (Phi) is 5.69. The summed E-state index contributed by atoms with van der Waals surface area (Å²) in [5.74, 6) is -1.20. The maximum atomic E-state index is 12.3. The van der Waals surface area contributed by atoms with E-state index in [1.807, 2.05) is 0 Å². The second kappa shape index (κ2) is 7.35. The summed E-state index contributed by atoms with van der Waals surface area (Å²) in [7, 11) is 0. The topological polar surface area (TPSA) is 83.9 Å². The Labute approximate surface area is 151 Å². The number of thioether (sulfide) groups is 1. The van der Waals surface area contributed by atoms with Crippen molar-refractivity contribution in [3.63, 3.8) is 0 Å². The zero-order chi connectivity index (χ0) is 17.1. The first-order chi connectivity index (χ1) is 10.8. The Morgan fingerprint density at radius 1 is 1.43 bits per heavy atom. The zero-order valence-electron chi connectivity index (χ0n) is 12.4. The average Bonchev–Trinajstić information content (AvgIpc) is 2.70. The van der Waals surface area contributed by atoms with Gasteiger partial charge in [-0.25, -0.2) is 0 Å². The van der Waals surface area contributed by atoms with Crippen LogP contribution >= 0.6 is 34.4 Å². The molecule has 1 aromatic rings. The molecule has 0 aromatic heterocycles. The monoisotopic (exact) mass is 447 g/mol. The lowest BCUT2D eigenvalue weighted by atomic mass is 10.2. The smallest absolute Gasteiger partial charge is 0.326 e. The van der Waals surface area contributed by atoms with Gasteiger partial charge in [0, 0.05) is 9.13 Å². The van der Waals surface area contributed by atoms with Crippen LogP contribution in [0.15, 0.2) is 23.1 Å². The first kappa shape index (κ1) is 17.8. The Morgan fingerprint density at radius 3 is 2.78 bits per heavy atom. The van der Waals surface area contributed by atoms with Crippen LogP contribution in [0.5, 0.6) is 5.75 Å². The lowest BCUT2D eigenvalue weighted by Gasteiger charge is -2.13. The van der Waals surface area contributed by atoms with E-state index in [4.69, 9.17) is 4.74 Å². The molecule has 122 valence electrons. The van der Waals surface area contributed by atoms with Crippen molar-refractivity contribution < 1.29 is 24.2 Å². The van der Waals surface area contributed by atoms with Crippen molar-refractivity contribution in [2.45, 2.75) is 20.0 Å². The third kappa shape index (κ3) is 4.47. The molecule has 1 heterocycles. The number of hydrogen-bond acceptors (Lipinski definition) is 6. The second-order valence-electron chi connectivity index (χ2n) is 5.01. The molecule has 23 heavy (non-hydrogen) atoms. The van der Waals surface area contributed by atoms with Gasteiger partial charge in [0.05, 0.1) is 11.0 Å². The van der Waals surface area contributed by atoms with E-state index >= 15 is 0 Å². The van der Waals surface area contributed by atoms with Gasteiger partial charge in [0.1, 0.15) is 12.3 Å². The van der Waals surface area contributed by atoms with Crippen LogP contribution in [0.25, 0.3) is 6.08 Å². The van der Waals surface area contributed by atoms with Gasteiger partial charge >= 0.3 is 5.97 Å². The van der Waals surface area contributed by atoms with Crippen LogP contribution in [0.1, 0.15) is 19.4 Å². The average molecular weight is 447 g/mol. The van der Waals surface area contributed by atoms with Crippen molar-refractivity contribution in [3.05, 3.63) is 32.2 Å². The Bertz CT molecular complexity index is 701. The number of phenolic OH excluding ortho intramolecular Hbond substituents is 1. The number of nitrogens with zero attached hydrogens (tertiary/aromatic N) is 1. The Hall–Kier alpha value is -1.55. The highest BCUT2D eigenvalue weighted by atomic mass is 127. The molecule has 1 fully saturated rings. The van der Waals surface area contributed by atoms with E-state index in [2.05, 4.69) is 22.6 Å². The van der Waals surface area contributed by atoms with Crippen molar-refractivity contribution in [3.8, 4) is 5.75 Å². The minimum atomic E-state index is -0.638. The highest BCUT2D eigenvalue weighted by molar-refractivity contribution is 14.1. The summed E-state index contributed by atoms with van der Waals surface area (Å²) >= 11 is 2.81. The fraction of sp³-hybridized carbons (Fsp3) is 0.267.